The first kappa shape index (κ1) is 21.0. The molecule has 0 atom stereocenters. The van der Waals surface area contributed by atoms with Crippen LogP contribution in [0.5, 0.6) is 0 Å². The van der Waals surface area contributed by atoms with E-state index in [9.17, 15) is 24.5 Å². The summed E-state index contributed by atoms with van der Waals surface area (Å²) in [6.07, 6.45) is 0. The van der Waals surface area contributed by atoms with E-state index in [4.69, 9.17) is 5.73 Å². The summed E-state index contributed by atoms with van der Waals surface area (Å²) in [6.45, 7) is 0. The van der Waals surface area contributed by atoms with Crippen LogP contribution in [0.2, 0.25) is 0 Å². The van der Waals surface area contributed by atoms with E-state index >= 15 is 0 Å². The summed E-state index contributed by atoms with van der Waals surface area (Å²) < 4.78 is 0. The fourth-order valence-electron chi connectivity index (χ4n) is 2.24. The van der Waals surface area contributed by atoms with Crippen molar-refractivity contribution in [2.75, 3.05) is 22.1 Å². The number of anilines is 3. The number of nitrogen functional groups attached to an aromatic ring is 1. The van der Waals surface area contributed by atoms with Gasteiger partial charge in [-0.2, -0.15) is 0 Å². The topological polar surface area (TPSA) is 173 Å². The van der Waals surface area contributed by atoms with Gasteiger partial charge in [0.1, 0.15) is 0 Å². The highest BCUT2D eigenvalue weighted by molar-refractivity contribution is 7.99. The normalized spacial score (nSPS) is 10.4. The van der Waals surface area contributed by atoms with Crippen molar-refractivity contribution in [2.24, 2.45) is 0 Å². The predicted molar refractivity (Wildman–Crippen MR) is 114 cm³/mol. The number of carbonyl (C=O) groups excluding carboxylic acids is 2. The number of nitro benzene ring substituents is 1. The Balaban J connectivity index is 1.60. The van der Waals surface area contributed by atoms with Gasteiger partial charge in [-0.25, -0.2) is 4.98 Å². The quantitative estimate of drug-likeness (QED) is 0.185. The molecule has 0 aliphatic carbocycles. The highest BCUT2D eigenvalue weighted by atomic mass is 32.2. The van der Waals surface area contributed by atoms with Gasteiger partial charge in [0.2, 0.25) is 5.91 Å². The first-order valence-electron chi connectivity index (χ1n) is 8.25. The van der Waals surface area contributed by atoms with Gasteiger partial charge in [0.25, 0.3) is 17.2 Å². The fourth-order valence-corrected chi connectivity index (χ4v) is 3.53. The summed E-state index contributed by atoms with van der Waals surface area (Å²) in [7, 11) is 0. The third kappa shape index (κ3) is 5.21. The van der Waals surface area contributed by atoms with Crippen LogP contribution in [0.4, 0.5) is 22.9 Å². The summed E-state index contributed by atoms with van der Waals surface area (Å²) in [5, 5.41) is 17.5. The van der Waals surface area contributed by atoms with Crippen molar-refractivity contribution in [3.8, 4) is 0 Å². The Morgan fingerprint density at radius 3 is 2.57 bits per heavy atom. The summed E-state index contributed by atoms with van der Waals surface area (Å²) in [6, 6.07) is 8.66. The molecular formula is C17H14N6O5S2. The number of hydrogen-bond acceptors (Lipinski definition) is 9. The summed E-state index contributed by atoms with van der Waals surface area (Å²) in [5.41, 5.74) is 5.26. The molecule has 2 heterocycles. The van der Waals surface area contributed by atoms with Crippen LogP contribution in [-0.2, 0) is 4.79 Å². The summed E-state index contributed by atoms with van der Waals surface area (Å²) in [4.78, 5) is 53.3. The van der Waals surface area contributed by atoms with Crippen LogP contribution in [0.3, 0.4) is 0 Å². The lowest BCUT2D eigenvalue weighted by molar-refractivity contribution is -0.384. The molecule has 5 N–H and O–H groups in total. The number of nitrogens with zero attached hydrogens (tertiary/aromatic N) is 2. The average molecular weight is 446 g/mol. The monoisotopic (exact) mass is 446 g/mol. The maximum absolute atomic E-state index is 12.2. The second kappa shape index (κ2) is 9.19. The van der Waals surface area contributed by atoms with Crippen molar-refractivity contribution in [2.45, 2.75) is 5.16 Å². The Morgan fingerprint density at radius 2 is 1.97 bits per heavy atom. The Hall–Kier alpha value is -3.71. The van der Waals surface area contributed by atoms with Crippen molar-refractivity contribution in [1.82, 2.24) is 9.97 Å². The molecule has 0 fully saturated rings. The van der Waals surface area contributed by atoms with E-state index < -0.39 is 22.3 Å². The van der Waals surface area contributed by atoms with Crippen LogP contribution >= 0.6 is 23.1 Å². The van der Waals surface area contributed by atoms with Crippen LogP contribution in [0.25, 0.3) is 0 Å². The summed E-state index contributed by atoms with van der Waals surface area (Å²) >= 11 is 2.14. The van der Waals surface area contributed by atoms with Gasteiger partial charge < -0.3 is 16.4 Å². The molecule has 0 unspecified atom stereocenters. The molecule has 0 bridgehead atoms. The number of H-pyrrole nitrogens is 1. The number of thioether (sulfide) groups is 1. The van der Waals surface area contributed by atoms with E-state index in [1.807, 2.05) is 0 Å². The van der Waals surface area contributed by atoms with Crippen LogP contribution < -0.4 is 21.9 Å². The van der Waals surface area contributed by atoms with Gasteiger partial charge in [-0.15, -0.1) is 11.3 Å². The van der Waals surface area contributed by atoms with Gasteiger partial charge in [0.05, 0.1) is 15.6 Å². The average Bonchev–Trinajstić information content (AvgIpc) is 3.24. The maximum Gasteiger partial charge on any atom is 0.277 e. The largest absolute Gasteiger partial charge is 0.382 e. The SMILES string of the molecule is Nc1nc(SCC(=O)Nc2ccc([N+](=O)[O-])cc2)[nH]c(=O)c1NC(=O)c1cccs1. The van der Waals surface area contributed by atoms with Gasteiger partial charge in [0.15, 0.2) is 16.7 Å². The van der Waals surface area contributed by atoms with Gasteiger partial charge in [-0.05, 0) is 23.6 Å². The molecule has 0 aliphatic heterocycles. The Kier molecular flexibility index (Phi) is 6.44. The standard InChI is InChI=1S/C17H14N6O5S2/c18-14-13(20-15(25)11-2-1-7-29-11)16(26)22-17(21-14)30-8-12(24)19-9-3-5-10(6-4-9)23(27)28/h1-7H,8H2,(H,19,24)(H,20,25)(H3,18,21,22,26). The third-order valence-electron chi connectivity index (χ3n) is 3.61. The molecule has 3 rings (SSSR count). The van der Waals surface area contributed by atoms with Crippen LogP contribution in [0, 0.1) is 10.1 Å². The number of nitrogens with two attached hydrogens (primary N) is 1. The minimum atomic E-state index is -0.648. The number of benzene rings is 1. The molecule has 2 amide bonds. The third-order valence-corrected chi connectivity index (χ3v) is 5.35. The molecule has 0 aliphatic rings. The number of aromatic nitrogens is 2. The number of amides is 2. The molecule has 11 nitrogen and oxygen atoms in total. The van der Waals surface area contributed by atoms with Crippen molar-refractivity contribution in [1.29, 1.82) is 0 Å². The first-order valence-corrected chi connectivity index (χ1v) is 10.1. The zero-order valence-corrected chi connectivity index (χ0v) is 16.7. The van der Waals surface area contributed by atoms with Crippen LogP contribution in [-0.4, -0.2) is 32.5 Å². The number of hydrogen-bond donors (Lipinski definition) is 4. The second-order valence-corrected chi connectivity index (χ2v) is 7.62. The zero-order valence-electron chi connectivity index (χ0n) is 15.1. The molecular weight excluding hydrogens is 432 g/mol. The lowest BCUT2D eigenvalue weighted by Crippen LogP contribution is -2.23. The Labute approximate surface area is 176 Å². The fraction of sp³-hybridized carbons (Fsp3) is 0.0588. The van der Waals surface area contributed by atoms with E-state index in [-0.39, 0.29) is 28.1 Å². The van der Waals surface area contributed by atoms with Crippen LogP contribution in [0.1, 0.15) is 9.67 Å². The number of carbonyl (C=O) groups is 2. The Morgan fingerprint density at radius 1 is 1.23 bits per heavy atom. The highest BCUT2D eigenvalue weighted by Crippen LogP contribution is 2.19. The van der Waals surface area contributed by atoms with E-state index in [1.165, 1.54) is 35.6 Å². The maximum atomic E-state index is 12.2. The van der Waals surface area contributed by atoms with Gasteiger partial charge in [-0.3, -0.25) is 29.5 Å². The molecule has 2 aromatic heterocycles. The number of rotatable bonds is 7. The number of nitrogens with one attached hydrogen (secondary N) is 3. The molecule has 0 spiro atoms. The second-order valence-electron chi connectivity index (χ2n) is 5.70. The number of thiophene rings is 1. The van der Waals surface area contributed by atoms with Crippen molar-refractivity contribution in [3.05, 3.63) is 67.1 Å². The molecule has 3 aromatic rings. The zero-order chi connectivity index (χ0) is 21.7. The van der Waals surface area contributed by atoms with Gasteiger partial charge in [-0.1, -0.05) is 17.8 Å². The first-order chi connectivity index (χ1) is 14.3. The lowest BCUT2D eigenvalue weighted by Gasteiger charge is -2.08. The predicted octanol–water partition coefficient (Wildman–Crippen LogP) is 2.30. The number of aromatic amines is 1. The molecule has 30 heavy (non-hydrogen) atoms. The van der Waals surface area contributed by atoms with Gasteiger partial charge in [0, 0.05) is 17.8 Å². The molecule has 13 heteroatoms. The minimum Gasteiger partial charge on any atom is -0.382 e. The van der Waals surface area contributed by atoms with Crippen LogP contribution in [0.15, 0.2) is 51.7 Å². The number of non-ortho nitro benzene ring substituents is 1. The lowest BCUT2D eigenvalue weighted by atomic mass is 10.3. The summed E-state index contributed by atoms with van der Waals surface area (Å²) in [5.74, 6) is -1.17. The molecule has 154 valence electrons. The number of nitro groups is 1. The van der Waals surface area contributed by atoms with Crippen molar-refractivity contribution >= 4 is 57.8 Å². The van der Waals surface area contributed by atoms with E-state index in [0.29, 0.717) is 10.6 Å². The van der Waals surface area contributed by atoms with E-state index in [2.05, 4.69) is 20.6 Å². The molecule has 0 saturated carbocycles. The smallest absolute Gasteiger partial charge is 0.277 e. The van der Waals surface area contributed by atoms with E-state index in [0.717, 1.165) is 11.8 Å². The minimum absolute atomic E-state index is 0.0918. The Bertz CT molecular complexity index is 1140. The molecule has 0 radical (unpaired) electrons. The molecule has 0 saturated heterocycles. The van der Waals surface area contributed by atoms with Crippen molar-refractivity contribution in [3.63, 3.8) is 0 Å². The molecule has 1 aromatic carbocycles. The van der Waals surface area contributed by atoms with E-state index in [1.54, 1.807) is 17.5 Å². The van der Waals surface area contributed by atoms with Crippen molar-refractivity contribution < 1.29 is 14.5 Å². The van der Waals surface area contributed by atoms with Gasteiger partial charge >= 0.3 is 0 Å². The highest BCUT2D eigenvalue weighted by Gasteiger charge is 2.15.